The number of aryl methyl sites for hydroxylation is 2. The highest BCUT2D eigenvalue weighted by molar-refractivity contribution is 5.81. The zero-order valence-corrected chi connectivity index (χ0v) is 16.9. The van der Waals surface area contributed by atoms with E-state index in [-0.39, 0.29) is 5.91 Å². The molecule has 0 aliphatic carbocycles. The molecule has 0 radical (unpaired) electrons. The Kier molecular flexibility index (Phi) is 6.17. The van der Waals surface area contributed by atoms with Crippen molar-refractivity contribution in [3.8, 4) is 5.75 Å². The van der Waals surface area contributed by atoms with Crippen molar-refractivity contribution >= 4 is 5.91 Å². The van der Waals surface area contributed by atoms with Gasteiger partial charge in [0.1, 0.15) is 5.75 Å². The SMILES string of the molecule is Cc1cc(C)c(C)c(O[C@H](C)C(=O)N2CCN(Cc3ccccc3)CC2)c1. The number of ether oxygens (including phenoxy) is 1. The second kappa shape index (κ2) is 8.57. The average molecular weight is 367 g/mol. The van der Waals surface area contributed by atoms with Gasteiger partial charge in [0.25, 0.3) is 5.91 Å². The van der Waals surface area contributed by atoms with E-state index in [4.69, 9.17) is 4.74 Å². The fourth-order valence-corrected chi connectivity index (χ4v) is 3.59. The quantitative estimate of drug-likeness (QED) is 0.808. The van der Waals surface area contributed by atoms with E-state index in [0.717, 1.165) is 49.6 Å². The van der Waals surface area contributed by atoms with Gasteiger partial charge < -0.3 is 9.64 Å². The van der Waals surface area contributed by atoms with Crippen molar-refractivity contribution in [3.63, 3.8) is 0 Å². The Morgan fingerprint density at radius 3 is 2.37 bits per heavy atom. The van der Waals surface area contributed by atoms with Crippen molar-refractivity contribution in [2.75, 3.05) is 26.2 Å². The van der Waals surface area contributed by atoms with Gasteiger partial charge in [0.05, 0.1) is 0 Å². The van der Waals surface area contributed by atoms with Crippen LogP contribution in [0.5, 0.6) is 5.75 Å². The summed E-state index contributed by atoms with van der Waals surface area (Å²) in [5.74, 6) is 0.893. The predicted molar refractivity (Wildman–Crippen MR) is 109 cm³/mol. The molecule has 1 heterocycles. The van der Waals surface area contributed by atoms with Crippen LogP contribution < -0.4 is 4.74 Å². The second-order valence-corrected chi connectivity index (χ2v) is 7.55. The van der Waals surface area contributed by atoms with E-state index >= 15 is 0 Å². The average Bonchev–Trinajstić information content (AvgIpc) is 2.66. The minimum atomic E-state index is -0.467. The first kappa shape index (κ1) is 19.4. The molecule has 0 bridgehead atoms. The molecule has 4 heteroatoms. The summed E-state index contributed by atoms with van der Waals surface area (Å²) in [6.07, 6.45) is -0.467. The lowest BCUT2D eigenvalue weighted by molar-refractivity contribution is -0.139. The van der Waals surface area contributed by atoms with E-state index in [2.05, 4.69) is 49.1 Å². The van der Waals surface area contributed by atoms with Crippen molar-refractivity contribution in [2.45, 2.75) is 40.3 Å². The number of benzene rings is 2. The maximum atomic E-state index is 12.8. The molecule has 1 saturated heterocycles. The minimum absolute atomic E-state index is 0.0768. The predicted octanol–water partition coefficient (Wildman–Crippen LogP) is 3.72. The van der Waals surface area contributed by atoms with Gasteiger partial charge in [-0.3, -0.25) is 9.69 Å². The van der Waals surface area contributed by atoms with Crippen LogP contribution in [-0.4, -0.2) is 48.0 Å². The molecule has 144 valence electrons. The second-order valence-electron chi connectivity index (χ2n) is 7.55. The molecule has 0 unspecified atom stereocenters. The van der Waals surface area contributed by atoms with Gasteiger partial charge in [-0.2, -0.15) is 0 Å². The monoisotopic (exact) mass is 366 g/mol. The maximum Gasteiger partial charge on any atom is 0.263 e. The third-order valence-corrected chi connectivity index (χ3v) is 5.35. The number of piperazine rings is 1. The highest BCUT2D eigenvalue weighted by atomic mass is 16.5. The maximum absolute atomic E-state index is 12.8. The standard InChI is InChI=1S/C23H30N2O2/c1-17-14-18(2)19(3)22(15-17)27-20(4)23(26)25-12-10-24(11-13-25)16-21-8-6-5-7-9-21/h5-9,14-15,20H,10-13,16H2,1-4H3/t20-/m1/s1. The summed E-state index contributed by atoms with van der Waals surface area (Å²) in [6.45, 7) is 12.3. The number of hydrogen-bond donors (Lipinski definition) is 0. The molecular weight excluding hydrogens is 336 g/mol. The summed E-state index contributed by atoms with van der Waals surface area (Å²) in [5, 5.41) is 0. The molecule has 1 atom stereocenters. The van der Waals surface area contributed by atoms with E-state index < -0.39 is 6.10 Å². The minimum Gasteiger partial charge on any atom is -0.481 e. The number of carbonyl (C=O) groups is 1. The molecule has 0 saturated carbocycles. The molecule has 1 aliphatic rings. The van der Waals surface area contributed by atoms with Crippen molar-refractivity contribution < 1.29 is 9.53 Å². The topological polar surface area (TPSA) is 32.8 Å². The summed E-state index contributed by atoms with van der Waals surface area (Å²) in [6, 6.07) is 14.6. The first-order chi connectivity index (χ1) is 12.9. The lowest BCUT2D eigenvalue weighted by Gasteiger charge is -2.36. The molecule has 0 spiro atoms. The summed E-state index contributed by atoms with van der Waals surface area (Å²) >= 11 is 0. The van der Waals surface area contributed by atoms with Crippen molar-refractivity contribution in [1.29, 1.82) is 0 Å². The highest BCUT2D eigenvalue weighted by Gasteiger charge is 2.26. The summed E-state index contributed by atoms with van der Waals surface area (Å²) in [7, 11) is 0. The Balaban J connectivity index is 1.54. The normalized spacial score (nSPS) is 16.2. The molecule has 1 aliphatic heterocycles. The van der Waals surface area contributed by atoms with Gasteiger partial charge in [-0.15, -0.1) is 0 Å². The summed E-state index contributed by atoms with van der Waals surface area (Å²) in [4.78, 5) is 17.2. The molecule has 4 nitrogen and oxygen atoms in total. The van der Waals surface area contributed by atoms with Gasteiger partial charge >= 0.3 is 0 Å². The molecular formula is C23H30N2O2. The molecule has 27 heavy (non-hydrogen) atoms. The fourth-order valence-electron chi connectivity index (χ4n) is 3.59. The molecule has 1 amide bonds. The van der Waals surface area contributed by atoms with Crippen LogP contribution in [0.1, 0.15) is 29.2 Å². The highest BCUT2D eigenvalue weighted by Crippen LogP contribution is 2.24. The van der Waals surface area contributed by atoms with Crippen LogP contribution in [0.2, 0.25) is 0 Å². The number of rotatable bonds is 5. The van der Waals surface area contributed by atoms with Crippen LogP contribution in [-0.2, 0) is 11.3 Å². The van der Waals surface area contributed by atoms with Gasteiger partial charge in [0, 0.05) is 32.7 Å². The largest absolute Gasteiger partial charge is 0.481 e. The first-order valence-electron chi connectivity index (χ1n) is 9.73. The van der Waals surface area contributed by atoms with Gasteiger partial charge in [-0.25, -0.2) is 0 Å². The van der Waals surface area contributed by atoms with E-state index in [1.165, 1.54) is 11.1 Å². The number of nitrogens with zero attached hydrogens (tertiary/aromatic N) is 2. The third-order valence-electron chi connectivity index (χ3n) is 5.35. The Morgan fingerprint density at radius 1 is 1.04 bits per heavy atom. The Hall–Kier alpha value is -2.33. The van der Waals surface area contributed by atoms with Gasteiger partial charge in [-0.1, -0.05) is 36.4 Å². The first-order valence-corrected chi connectivity index (χ1v) is 9.73. The van der Waals surface area contributed by atoms with E-state index in [1.807, 2.05) is 30.9 Å². The van der Waals surface area contributed by atoms with Crippen LogP contribution in [0, 0.1) is 20.8 Å². The third kappa shape index (κ3) is 4.89. The zero-order valence-electron chi connectivity index (χ0n) is 16.9. The molecule has 0 aromatic heterocycles. The lowest BCUT2D eigenvalue weighted by atomic mass is 10.1. The molecule has 1 fully saturated rings. The summed E-state index contributed by atoms with van der Waals surface area (Å²) < 4.78 is 6.04. The zero-order chi connectivity index (χ0) is 19.4. The van der Waals surface area contributed by atoms with Gasteiger partial charge in [-0.05, 0) is 56.0 Å². The van der Waals surface area contributed by atoms with E-state index in [0.29, 0.717) is 0 Å². The van der Waals surface area contributed by atoms with Crippen molar-refractivity contribution in [1.82, 2.24) is 9.80 Å². The fraction of sp³-hybridized carbons (Fsp3) is 0.435. The van der Waals surface area contributed by atoms with Gasteiger partial charge in [0.2, 0.25) is 0 Å². The molecule has 2 aromatic carbocycles. The number of carbonyl (C=O) groups excluding carboxylic acids is 1. The van der Waals surface area contributed by atoms with E-state index in [1.54, 1.807) is 0 Å². The van der Waals surface area contributed by atoms with Gasteiger partial charge in [0.15, 0.2) is 6.10 Å². The number of hydrogen-bond acceptors (Lipinski definition) is 3. The molecule has 3 rings (SSSR count). The van der Waals surface area contributed by atoms with Crippen LogP contribution in [0.4, 0.5) is 0 Å². The molecule has 2 aromatic rings. The van der Waals surface area contributed by atoms with Crippen molar-refractivity contribution in [2.24, 2.45) is 0 Å². The van der Waals surface area contributed by atoms with E-state index in [9.17, 15) is 4.79 Å². The smallest absolute Gasteiger partial charge is 0.263 e. The van der Waals surface area contributed by atoms with Crippen LogP contribution in [0.3, 0.4) is 0 Å². The van der Waals surface area contributed by atoms with Crippen LogP contribution in [0.15, 0.2) is 42.5 Å². The lowest BCUT2D eigenvalue weighted by Crippen LogP contribution is -2.51. The summed E-state index contributed by atoms with van der Waals surface area (Å²) in [5.41, 5.74) is 4.77. The van der Waals surface area contributed by atoms with Crippen LogP contribution >= 0.6 is 0 Å². The molecule has 0 N–H and O–H groups in total. The van der Waals surface area contributed by atoms with Crippen molar-refractivity contribution in [3.05, 3.63) is 64.7 Å². The Morgan fingerprint density at radius 2 is 1.70 bits per heavy atom. The number of amides is 1. The Bertz CT molecular complexity index is 780. The van der Waals surface area contributed by atoms with Crippen LogP contribution in [0.25, 0.3) is 0 Å². The Labute approximate surface area is 162 Å².